The van der Waals surface area contributed by atoms with Gasteiger partial charge in [-0.2, -0.15) is 0 Å². The third-order valence-corrected chi connectivity index (χ3v) is 4.49. The van der Waals surface area contributed by atoms with E-state index >= 15 is 0 Å². The highest BCUT2D eigenvalue weighted by Crippen LogP contribution is 2.27. The number of carbonyl (C=O) groups is 1. The largest absolute Gasteiger partial charge is 0.375 e. The number of hydrogen-bond donors (Lipinski definition) is 2. The third-order valence-electron chi connectivity index (χ3n) is 4.49. The molecule has 5 heteroatoms. The van der Waals surface area contributed by atoms with Crippen LogP contribution in [0, 0.1) is 0 Å². The molecule has 0 bridgehead atoms. The lowest BCUT2D eigenvalue weighted by molar-refractivity contribution is -0.138. The van der Waals surface area contributed by atoms with E-state index in [2.05, 4.69) is 17.4 Å². The van der Waals surface area contributed by atoms with Gasteiger partial charge in [-0.25, -0.2) is 0 Å². The van der Waals surface area contributed by atoms with Gasteiger partial charge in [0, 0.05) is 31.6 Å². The molecule has 2 aliphatic rings. The summed E-state index contributed by atoms with van der Waals surface area (Å²) in [6.45, 7) is 4.64. The van der Waals surface area contributed by atoms with Gasteiger partial charge in [0.25, 0.3) is 0 Å². The first-order chi connectivity index (χ1) is 10.2. The molecule has 114 valence electrons. The normalized spacial score (nSPS) is 33.1. The molecule has 0 saturated carbocycles. The molecule has 1 amide bonds. The SMILES string of the molecule is C[C@H]1OCCN[C@@H]1C(=O)N1C[C@@H](N)[C@H](c2ccccc2)C1. The minimum Gasteiger partial charge on any atom is -0.375 e. The number of ether oxygens (including phenoxy) is 1. The fraction of sp³-hybridized carbons (Fsp3) is 0.562. The number of nitrogens with one attached hydrogen (secondary N) is 1. The van der Waals surface area contributed by atoms with E-state index in [0.717, 1.165) is 6.54 Å². The molecule has 0 radical (unpaired) electrons. The van der Waals surface area contributed by atoms with E-state index in [1.54, 1.807) is 0 Å². The molecule has 21 heavy (non-hydrogen) atoms. The average Bonchev–Trinajstić information content (AvgIpc) is 2.90. The van der Waals surface area contributed by atoms with Crippen molar-refractivity contribution in [3.05, 3.63) is 35.9 Å². The van der Waals surface area contributed by atoms with Crippen LogP contribution in [0.25, 0.3) is 0 Å². The second kappa shape index (κ2) is 6.13. The molecule has 2 saturated heterocycles. The van der Waals surface area contributed by atoms with Crippen molar-refractivity contribution >= 4 is 5.91 Å². The van der Waals surface area contributed by atoms with Crippen molar-refractivity contribution in [2.45, 2.75) is 31.0 Å². The maximum absolute atomic E-state index is 12.7. The summed E-state index contributed by atoms with van der Waals surface area (Å²) in [5, 5.41) is 3.26. The van der Waals surface area contributed by atoms with Crippen molar-refractivity contribution in [3.63, 3.8) is 0 Å². The van der Waals surface area contributed by atoms with Gasteiger partial charge in [-0.3, -0.25) is 4.79 Å². The Morgan fingerprint density at radius 1 is 1.33 bits per heavy atom. The minimum atomic E-state index is -0.250. The zero-order valence-corrected chi connectivity index (χ0v) is 12.4. The van der Waals surface area contributed by atoms with E-state index in [4.69, 9.17) is 10.5 Å². The number of likely N-dealkylation sites (tertiary alicyclic amines) is 1. The number of rotatable bonds is 2. The highest BCUT2D eigenvalue weighted by atomic mass is 16.5. The van der Waals surface area contributed by atoms with Gasteiger partial charge < -0.3 is 20.7 Å². The number of nitrogens with two attached hydrogens (primary N) is 1. The Morgan fingerprint density at radius 3 is 2.81 bits per heavy atom. The number of hydrogen-bond acceptors (Lipinski definition) is 4. The zero-order chi connectivity index (χ0) is 14.8. The summed E-state index contributed by atoms with van der Waals surface area (Å²) in [5.41, 5.74) is 7.47. The fourth-order valence-electron chi connectivity index (χ4n) is 3.27. The maximum Gasteiger partial charge on any atom is 0.242 e. The van der Waals surface area contributed by atoms with E-state index in [1.807, 2.05) is 30.0 Å². The van der Waals surface area contributed by atoms with Crippen LogP contribution in [0.15, 0.2) is 30.3 Å². The molecule has 2 aliphatic heterocycles. The molecule has 3 rings (SSSR count). The standard InChI is InChI=1S/C16H23N3O2/c1-11-15(18-7-8-21-11)16(20)19-9-13(14(17)10-19)12-5-3-2-4-6-12/h2-6,11,13-15,18H,7-10,17H2,1H3/t11-,13+,14-,15+/m1/s1. The molecule has 4 atom stereocenters. The van der Waals surface area contributed by atoms with E-state index < -0.39 is 0 Å². The Morgan fingerprint density at radius 2 is 2.10 bits per heavy atom. The molecular formula is C16H23N3O2. The second-order valence-electron chi connectivity index (χ2n) is 5.93. The summed E-state index contributed by atoms with van der Waals surface area (Å²) in [6.07, 6.45) is -0.0850. The van der Waals surface area contributed by atoms with Gasteiger partial charge in [0.15, 0.2) is 0 Å². The van der Waals surface area contributed by atoms with Gasteiger partial charge in [0.2, 0.25) is 5.91 Å². The summed E-state index contributed by atoms with van der Waals surface area (Å²) in [6, 6.07) is 9.96. The first-order valence-corrected chi connectivity index (χ1v) is 7.61. The van der Waals surface area contributed by atoms with E-state index in [1.165, 1.54) is 5.56 Å². The van der Waals surface area contributed by atoms with Crippen molar-refractivity contribution < 1.29 is 9.53 Å². The van der Waals surface area contributed by atoms with Gasteiger partial charge in [-0.1, -0.05) is 30.3 Å². The molecule has 2 heterocycles. The molecule has 0 spiro atoms. The summed E-state index contributed by atoms with van der Waals surface area (Å²) in [4.78, 5) is 14.5. The van der Waals surface area contributed by atoms with Crippen molar-refractivity contribution in [1.29, 1.82) is 0 Å². The Bertz CT molecular complexity index is 494. The molecule has 5 nitrogen and oxygen atoms in total. The van der Waals surface area contributed by atoms with Crippen molar-refractivity contribution in [3.8, 4) is 0 Å². The summed E-state index contributed by atoms with van der Waals surface area (Å²) >= 11 is 0. The summed E-state index contributed by atoms with van der Waals surface area (Å²) in [5.74, 6) is 0.325. The van der Waals surface area contributed by atoms with Crippen molar-refractivity contribution in [2.75, 3.05) is 26.2 Å². The Kier molecular flexibility index (Phi) is 4.24. The average molecular weight is 289 g/mol. The highest BCUT2D eigenvalue weighted by molar-refractivity contribution is 5.83. The van der Waals surface area contributed by atoms with Crippen LogP contribution < -0.4 is 11.1 Å². The van der Waals surface area contributed by atoms with E-state index in [0.29, 0.717) is 19.7 Å². The lowest BCUT2D eigenvalue weighted by Gasteiger charge is -2.32. The Balaban J connectivity index is 1.69. The first-order valence-electron chi connectivity index (χ1n) is 7.61. The predicted octanol–water partition coefficient (Wildman–Crippen LogP) is 0.317. The zero-order valence-electron chi connectivity index (χ0n) is 12.4. The maximum atomic E-state index is 12.7. The van der Waals surface area contributed by atoms with Crippen molar-refractivity contribution in [1.82, 2.24) is 10.2 Å². The molecule has 1 aromatic rings. The van der Waals surface area contributed by atoms with Gasteiger partial charge in [-0.05, 0) is 12.5 Å². The van der Waals surface area contributed by atoms with Crippen LogP contribution in [0.4, 0.5) is 0 Å². The highest BCUT2D eigenvalue weighted by Gasteiger charge is 2.38. The summed E-state index contributed by atoms with van der Waals surface area (Å²) < 4.78 is 5.57. The molecule has 2 fully saturated rings. The lowest BCUT2D eigenvalue weighted by Crippen LogP contribution is -2.56. The molecule has 3 N–H and O–H groups in total. The van der Waals surface area contributed by atoms with Crippen LogP contribution in [-0.4, -0.2) is 55.2 Å². The topological polar surface area (TPSA) is 67.6 Å². The number of benzene rings is 1. The molecule has 1 aromatic carbocycles. The van der Waals surface area contributed by atoms with Crippen LogP contribution in [0.1, 0.15) is 18.4 Å². The molecular weight excluding hydrogens is 266 g/mol. The third kappa shape index (κ3) is 2.95. The van der Waals surface area contributed by atoms with Crippen LogP contribution >= 0.6 is 0 Å². The Labute approximate surface area is 125 Å². The number of morpholine rings is 1. The van der Waals surface area contributed by atoms with Gasteiger partial charge in [0.1, 0.15) is 6.04 Å². The quantitative estimate of drug-likeness (QED) is 0.822. The van der Waals surface area contributed by atoms with Gasteiger partial charge in [0.05, 0.1) is 12.7 Å². The lowest BCUT2D eigenvalue weighted by atomic mass is 9.95. The second-order valence-corrected chi connectivity index (χ2v) is 5.93. The first kappa shape index (κ1) is 14.5. The number of amides is 1. The van der Waals surface area contributed by atoms with Crippen LogP contribution in [0.5, 0.6) is 0 Å². The minimum absolute atomic E-state index is 0.00355. The molecule has 0 aromatic heterocycles. The van der Waals surface area contributed by atoms with Gasteiger partial charge in [-0.15, -0.1) is 0 Å². The fourth-order valence-corrected chi connectivity index (χ4v) is 3.27. The van der Waals surface area contributed by atoms with E-state index in [-0.39, 0.29) is 30.0 Å². The number of carbonyl (C=O) groups excluding carboxylic acids is 1. The molecule has 0 unspecified atom stereocenters. The summed E-state index contributed by atoms with van der Waals surface area (Å²) in [7, 11) is 0. The number of nitrogens with zero attached hydrogens (tertiary/aromatic N) is 1. The van der Waals surface area contributed by atoms with Crippen molar-refractivity contribution in [2.24, 2.45) is 5.73 Å². The molecule has 0 aliphatic carbocycles. The smallest absolute Gasteiger partial charge is 0.242 e. The van der Waals surface area contributed by atoms with Crippen LogP contribution in [0.2, 0.25) is 0 Å². The predicted molar refractivity (Wildman–Crippen MR) is 80.9 cm³/mol. The van der Waals surface area contributed by atoms with Crippen LogP contribution in [0.3, 0.4) is 0 Å². The Hall–Kier alpha value is -1.43. The van der Waals surface area contributed by atoms with Gasteiger partial charge >= 0.3 is 0 Å². The monoisotopic (exact) mass is 289 g/mol. The van der Waals surface area contributed by atoms with E-state index in [9.17, 15) is 4.79 Å². The van der Waals surface area contributed by atoms with Crippen LogP contribution in [-0.2, 0) is 9.53 Å².